The van der Waals surface area contributed by atoms with Gasteiger partial charge in [-0.3, -0.25) is 19.4 Å². The van der Waals surface area contributed by atoms with Gasteiger partial charge in [-0.2, -0.15) is 12.7 Å². The van der Waals surface area contributed by atoms with Crippen molar-refractivity contribution in [1.29, 1.82) is 0 Å². The third-order valence-corrected chi connectivity index (χ3v) is 13.5. The minimum absolute atomic E-state index is 0.0876. The number of nitrogens with two attached hydrogens (primary N) is 1. The molecule has 0 saturated carbocycles. The summed E-state index contributed by atoms with van der Waals surface area (Å²) in [7, 11) is 3.27. The molecule has 16 heteroatoms. The number of benzene rings is 2. The van der Waals surface area contributed by atoms with Gasteiger partial charge in [0.05, 0.1) is 27.1 Å². The highest BCUT2D eigenvalue weighted by Crippen LogP contribution is 2.34. The predicted octanol–water partition coefficient (Wildman–Crippen LogP) is 6.22. The smallest absolute Gasteiger partial charge is 0.310 e. The lowest BCUT2D eigenvalue weighted by molar-refractivity contribution is -0.140. The molecule has 2 aromatic heterocycles. The molecule has 2 aromatic carbocycles. The minimum Gasteiger partial charge on any atom is -0.476 e. The Morgan fingerprint density at radius 2 is 1.24 bits per heavy atom. The first-order valence-corrected chi connectivity index (χ1v) is 24.5. The van der Waals surface area contributed by atoms with E-state index in [0.717, 1.165) is 77.0 Å². The van der Waals surface area contributed by atoms with Crippen LogP contribution >= 0.6 is 0 Å². The fraction of sp³-hybridized carbons (Fsp3) is 0.520. The number of likely N-dealkylation sites (N-methyl/N-ethyl adjacent to an activating group) is 2. The number of rotatable bonds is 19. The molecule has 3 N–H and O–H groups in total. The van der Waals surface area contributed by atoms with E-state index in [1.165, 1.54) is 31.4 Å². The van der Waals surface area contributed by atoms with Crippen LogP contribution in [0.2, 0.25) is 0 Å². The van der Waals surface area contributed by atoms with Crippen LogP contribution in [0.4, 0.5) is 0 Å². The van der Waals surface area contributed by atoms with Gasteiger partial charge in [0.2, 0.25) is 11.8 Å². The molecule has 360 valence electrons. The minimum atomic E-state index is -3.67. The lowest BCUT2D eigenvalue weighted by atomic mass is 9.89. The Morgan fingerprint density at radius 3 is 1.68 bits per heavy atom. The first-order valence-electron chi connectivity index (χ1n) is 23.0. The molecule has 2 atom stereocenters. The van der Waals surface area contributed by atoms with E-state index in [1.807, 2.05) is 61.6 Å². The number of methoxy groups -OCH3 is 2. The van der Waals surface area contributed by atoms with Crippen molar-refractivity contribution in [1.82, 2.24) is 29.4 Å². The number of carbonyl (C=O) groups is 2. The molecule has 2 aliphatic heterocycles. The fourth-order valence-electron chi connectivity index (χ4n) is 8.65. The Hall–Kier alpha value is -4.97. The normalized spacial score (nSPS) is 16.8. The van der Waals surface area contributed by atoms with E-state index in [9.17, 15) is 18.0 Å². The van der Waals surface area contributed by atoms with Crippen LogP contribution < -0.4 is 19.9 Å². The number of carbonyl (C=O) groups excluding carboxylic acids is 2. The van der Waals surface area contributed by atoms with Gasteiger partial charge in [0.15, 0.2) is 0 Å². The van der Waals surface area contributed by atoms with Crippen LogP contribution in [0.25, 0.3) is 22.3 Å². The topological polar surface area (TPSA) is 179 Å². The molecule has 0 bridgehead atoms. The zero-order valence-corrected chi connectivity index (χ0v) is 40.9. The average molecular weight is 930 g/mol. The van der Waals surface area contributed by atoms with Gasteiger partial charge in [-0.25, -0.2) is 15.1 Å². The largest absolute Gasteiger partial charge is 0.476 e. The maximum absolute atomic E-state index is 12.1. The lowest BCUT2D eigenvalue weighted by Crippen LogP contribution is -2.51. The zero-order valence-electron chi connectivity index (χ0n) is 40.1. The summed E-state index contributed by atoms with van der Waals surface area (Å²) in [6.07, 6.45) is 8.05. The molecule has 2 unspecified atom stereocenters. The second-order valence-electron chi connectivity index (χ2n) is 17.7. The summed E-state index contributed by atoms with van der Waals surface area (Å²) in [5.41, 5.74) is 8.11. The maximum Gasteiger partial charge on any atom is 0.310 e. The number of hydrogen-bond donors (Lipinski definition) is 2. The third kappa shape index (κ3) is 15.0. The molecule has 0 radical (unpaired) electrons. The number of pyridine rings is 2. The van der Waals surface area contributed by atoms with Crippen molar-refractivity contribution in [2.24, 2.45) is 5.14 Å². The second-order valence-corrected chi connectivity index (χ2v) is 19.2. The third-order valence-electron chi connectivity index (χ3n) is 12.5. The number of esters is 2. The van der Waals surface area contributed by atoms with Crippen molar-refractivity contribution >= 4 is 22.1 Å². The number of aromatic nitrogens is 2. The van der Waals surface area contributed by atoms with Crippen LogP contribution in [0.5, 0.6) is 11.8 Å². The highest BCUT2D eigenvalue weighted by Gasteiger charge is 2.29. The van der Waals surface area contributed by atoms with Gasteiger partial charge < -0.3 is 24.3 Å². The quantitative estimate of drug-likeness (QED) is 0.102. The average Bonchev–Trinajstić information content (AvgIpc) is 3.31. The van der Waals surface area contributed by atoms with E-state index in [-0.39, 0.29) is 36.7 Å². The van der Waals surface area contributed by atoms with Crippen molar-refractivity contribution in [3.8, 4) is 34.0 Å². The molecule has 0 amide bonds. The summed E-state index contributed by atoms with van der Waals surface area (Å²) < 4.78 is 46.5. The number of nitrogens with one attached hydrogen (secondary N) is 1. The van der Waals surface area contributed by atoms with E-state index in [1.54, 1.807) is 12.4 Å². The predicted molar refractivity (Wildman–Crippen MR) is 259 cm³/mol. The van der Waals surface area contributed by atoms with Gasteiger partial charge in [-0.05, 0) is 115 Å². The van der Waals surface area contributed by atoms with E-state index < -0.39 is 10.2 Å². The number of hydrogen-bond acceptors (Lipinski definition) is 13. The molecule has 2 aliphatic rings. The first kappa shape index (κ1) is 52.0. The van der Waals surface area contributed by atoms with Crippen molar-refractivity contribution in [3.05, 3.63) is 95.3 Å². The zero-order chi connectivity index (χ0) is 47.8. The van der Waals surface area contributed by atoms with Gasteiger partial charge in [0, 0.05) is 69.3 Å². The van der Waals surface area contributed by atoms with Gasteiger partial charge in [0.25, 0.3) is 10.2 Å². The standard InChI is InChI=1S/C25H36N4O5S.C25H35N3O3/c1-18(2)21-8-5-9-22(23(21)16-25(30)33-4)19-10-11-27-24(15-19)34-14-13-28(3)20-7-6-12-29(17-20)35(26,31)32;1-18(2)21-8-5-9-22(23(21)16-25(29)30-4)19-10-12-27-24(15-19)31-14-13-28(3)20-7-6-11-26-17-20/h5,8-11,15,18,20H,6-7,12-14,16-17H2,1-4H3,(H2,26,31,32);5,8-10,12,15,18,20,26H,6-7,11,13-14,16-17H2,1-4H3. The molecule has 0 spiro atoms. The van der Waals surface area contributed by atoms with Crippen LogP contribution in [-0.4, -0.2) is 137 Å². The van der Waals surface area contributed by atoms with E-state index in [4.69, 9.17) is 24.1 Å². The Bertz CT molecular complexity index is 2300. The van der Waals surface area contributed by atoms with Gasteiger partial charge in [-0.15, -0.1) is 0 Å². The fourth-order valence-corrected chi connectivity index (χ4v) is 9.41. The van der Waals surface area contributed by atoms with Crippen molar-refractivity contribution in [2.45, 2.75) is 90.1 Å². The SMILES string of the molecule is COC(=O)Cc1c(-c2ccnc(OCCN(C)C3CCCN(S(N)(=O)=O)C3)c2)cccc1C(C)C.COC(=O)Cc1c(-c2ccnc(OCCN(C)C3CCCNC3)c2)cccc1C(C)C. The number of nitrogens with zero attached hydrogens (tertiary/aromatic N) is 5. The van der Waals surface area contributed by atoms with Gasteiger partial charge in [0.1, 0.15) is 13.2 Å². The summed E-state index contributed by atoms with van der Waals surface area (Å²) in [6.45, 7) is 14.0. The Balaban J connectivity index is 0.000000249. The van der Waals surface area contributed by atoms with Crippen LogP contribution in [0.15, 0.2) is 73.1 Å². The molecule has 2 saturated heterocycles. The molecule has 6 rings (SSSR count). The Kier molecular flexibility index (Phi) is 19.9. The Labute approximate surface area is 392 Å². The summed E-state index contributed by atoms with van der Waals surface area (Å²) >= 11 is 0. The molecule has 66 heavy (non-hydrogen) atoms. The highest BCUT2D eigenvalue weighted by atomic mass is 32.2. The Morgan fingerprint density at radius 1 is 0.758 bits per heavy atom. The second kappa shape index (κ2) is 25.2. The van der Waals surface area contributed by atoms with Crippen molar-refractivity contribution < 1.29 is 37.0 Å². The molecule has 2 fully saturated rings. The monoisotopic (exact) mass is 930 g/mol. The summed E-state index contributed by atoms with van der Waals surface area (Å²) in [5.74, 6) is 1.14. The van der Waals surface area contributed by atoms with E-state index >= 15 is 0 Å². The highest BCUT2D eigenvalue weighted by molar-refractivity contribution is 7.86. The van der Waals surface area contributed by atoms with Crippen LogP contribution in [-0.2, 0) is 42.1 Å². The number of ether oxygens (including phenoxy) is 4. The number of piperidine rings is 2. The van der Waals surface area contributed by atoms with E-state index in [0.29, 0.717) is 56.6 Å². The van der Waals surface area contributed by atoms with Crippen LogP contribution in [0.1, 0.15) is 87.5 Å². The molecular formula is C50H71N7O8S. The molecule has 4 aromatic rings. The molecule has 15 nitrogen and oxygen atoms in total. The summed E-state index contributed by atoms with van der Waals surface area (Å²) in [5, 5.41) is 8.76. The first-order chi connectivity index (χ1) is 31.6. The van der Waals surface area contributed by atoms with Crippen LogP contribution in [0.3, 0.4) is 0 Å². The molecule has 0 aliphatic carbocycles. The van der Waals surface area contributed by atoms with Gasteiger partial charge in [-0.1, -0.05) is 64.1 Å². The van der Waals surface area contributed by atoms with Crippen LogP contribution in [0, 0.1) is 0 Å². The molecule has 4 heterocycles. The maximum atomic E-state index is 12.1. The van der Waals surface area contributed by atoms with Gasteiger partial charge >= 0.3 is 11.9 Å². The van der Waals surface area contributed by atoms with E-state index in [2.05, 4.69) is 65.9 Å². The lowest BCUT2D eigenvalue weighted by Gasteiger charge is -2.36. The van der Waals surface area contributed by atoms with Crippen molar-refractivity contribution in [2.75, 3.05) is 80.8 Å². The molecular weight excluding hydrogens is 859 g/mol. The summed E-state index contributed by atoms with van der Waals surface area (Å²) in [6, 6.07) is 20.6. The van der Waals surface area contributed by atoms with Crippen molar-refractivity contribution in [3.63, 3.8) is 0 Å². The summed E-state index contributed by atoms with van der Waals surface area (Å²) in [4.78, 5) is 37.4.